The molecule has 59 heavy (non-hydrogen) atoms. The molecule has 8 rings (SSSR count). The number of hydrogen-bond donors (Lipinski definition) is 4. The minimum Gasteiger partial charge on any atom is -0.481 e. The van der Waals surface area contributed by atoms with Gasteiger partial charge >= 0.3 is 11.9 Å². The number of ether oxygens (including phenoxy) is 1. The zero-order chi connectivity index (χ0) is 42.4. The molecule has 0 aliphatic heterocycles. The van der Waals surface area contributed by atoms with Crippen LogP contribution in [-0.4, -0.2) is 56.8 Å². The van der Waals surface area contributed by atoms with Crippen molar-refractivity contribution in [2.75, 3.05) is 0 Å². The van der Waals surface area contributed by atoms with Gasteiger partial charge in [-0.2, -0.15) is 0 Å². The minimum absolute atomic E-state index is 0.0365. The molecule has 0 heterocycles. The van der Waals surface area contributed by atoms with Crippen molar-refractivity contribution in [2.24, 2.45) is 105 Å². The van der Waals surface area contributed by atoms with Crippen LogP contribution in [0.4, 0.5) is 0 Å². The molecule has 0 aromatic rings. The number of carboxylic acid groups (broad SMARTS) is 1. The third-order valence-electron chi connectivity index (χ3n) is 22.2. The number of aliphatic hydroxyl groups excluding tert-OH is 3. The van der Waals surface area contributed by atoms with Crippen LogP contribution in [0.15, 0.2) is 0 Å². The number of aliphatic hydroxyl groups is 3. The maximum atomic E-state index is 13.7. The van der Waals surface area contributed by atoms with E-state index in [1.807, 2.05) is 0 Å². The fourth-order valence-electron chi connectivity index (χ4n) is 19.3. The SMILES string of the molecule is CC[C@@H]1C2CC(OC(=O)CC[C@@H](C)C3CCC4C5C(CC[C@@]43C)[C@@]3(C)CC[C@@H](O)CC3[C@@H](CC)[C@H]5O)CC[C@]2(C)C2CC[C@@]3(C)C(CCC3[C@H](C)CCC(=O)O)C2[C@@H]1O. The molecule has 336 valence electrons. The monoisotopic (exact) mass is 823 g/mol. The molecule has 0 aromatic heterocycles. The summed E-state index contributed by atoms with van der Waals surface area (Å²) in [7, 11) is 0. The number of carboxylic acids is 1. The molecule has 0 bridgehead atoms. The van der Waals surface area contributed by atoms with E-state index in [0.29, 0.717) is 77.4 Å². The van der Waals surface area contributed by atoms with E-state index < -0.39 is 5.97 Å². The molecule has 8 saturated carbocycles. The molecule has 11 unspecified atom stereocenters. The van der Waals surface area contributed by atoms with E-state index in [-0.39, 0.29) is 70.3 Å². The maximum Gasteiger partial charge on any atom is 0.306 e. The first-order valence-corrected chi connectivity index (χ1v) is 25.4. The molecule has 8 aliphatic rings. The van der Waals surface area contributed by atoms with E-state index in [2.05, 4.69) is 55.4 Å². The van der Waals surface area contributed by atoms with Gasteiger partial charge in [-0.15, -0.1) is 0 Å². The van der Waals surface area contributed by atoms with Crippen molar-refractivity contribution in [2.45, 2.75) is 208 Å². The van der Waals surface area contributed by atoms with Crippen LogP contribution in [0.1, 0.15) is 184 Å². The quantitative estimate of drug-likeness (QED) is 0.153. The molecule has 4 N–H and O–H groups in total. The molecular formula is C52H86O7. The number of carbonyl (C=O) groups is 2. The summed E-state index contributed by atoms with van der Waals surface area (Å²) in [4.78, 5) is 25.2. The summed E-state index contributed by atoms with van der Waals surface area (Å²) in [6.07, 6.45) is 18.5. The summed E-state index contributed by atoms with van der Waals surface area (Å²) in [6.45, 7) is 19.3. The number of aliphatic carboxylic acids is 1. The van der Waals surface area contributed by atoms with Crippen LogP contribution in [0.3, 0.4) is 0 Å². The molecule has 7 nitrogen and oxygen atoms in total. The zero-order valence-corrected chi connectivity index (χ0v) is 38.5. The Morgan fingerprint density at radius 2 is 1.02 bits per heavy atom. The Bertz CT molecular complexity index is 1530. The normalized spacial score (nSPS) is 52.5. The molecule has 8 fully saturated rings. The fourth-order valence-corrected chi connectivity index (χ4v) is 19.3. The van der Waals surface area contributed by atoms with Crippen LogP contribution >= 0.6 is 0 Å². The van der Waals surface area contributed by atoms with Gasteiger partial charge in [0.15, 0.2) is 0 Å². The molecule has 0 amide bonds. The van der Waals surface area contributed by atoms with E-state index >= 15 is 0 Å². The van der Waals surface area contributed by atoms with Crippen molar-refractivity contribution in [1.82, 2.24) is 0 Å². The maximum absolute atomic E-state index is 13.7. The lowest BCUT2D eigenvalue weighted by atomic mass is 9.41. The molecule has 22 atom stereocenters. The van der Waals surface area contributed by atoms with E-state index in [9.17, 15) is 30.0 Å². The predicted molar refractivity (Wildman–Crippen MR) is 232 cm³/mol. The lowest BCUT2D eigenvalue weighted by Gasteiger charge is -2.65. The number of esters is 1. The molecule has 0 aromatic carbocycles. The lowest BCUT2D eigenvalue weighted by molar-refractivity contribution is -0.207. The topological polar surface area (TPSA) is 124 Å². The van der Waals surface area contributed by atoms with Gasteiger partial charge in [-0.25, -0.2) is 0 Å². The standard InChI is InChI=1S/C52H86O7/c1-9-33-41-27-31(53)19-23-51(41,7)39-21-25-50(6)36(14-16-37(50)45(39)47(33)57)30(4)12-18-44(56)59-32-20-24-52(8)40-22-26-49(5)35(29(3)11-17-43(54)55)13-15-38(49)46(40)48(58)34(10-2)42(52)28-32/h29-42,45-48,53,57-58H,9-28H2,1-8H3,(H,54,55)/t29-,30-,31-,32?,33-,34-,35?,36?,37?,38?,39?,40?,41?,42?,45?,46?,47-,48-,49-,50-,51-,52-/m1/s1. The van der Waals surface area contributed by atoms with Crippen LogP contribution in [-0.2, 0) is 14.3 Å². The van der Waals surface area contributed by atoms with Gasteiger partial charge in [-0.1, -0.05) is 68.2 Å². The Morgan fingerprint density at radius 3 is 1.51 bits per heavy atom. The number of hydrogen-bond acceptors (Lipinski definition) is 6. The third-order valence-corrected chi connectivity index (χ3v) is 22.2. The highest BCUT2D eigenvalue weighted by atomic mass is 16.5. The van der Waals surface area contributed by atoms with Crippen LogP contribution in [0, 0.1) is 105 Å². The average Bonchev–Trinajstić information content (AvgIpc) is 3.74. The van der Waals surface area contributed by atoms with Gasteiger partial charge in [0.25, 0.3) is 0 Å². The Kier molecular flexibility index (Phi) is 12.4. The van der Waals surface area contributed by atoms with Crippen molar-refractivity contribution in [3.8, 4) is 0 Å². The van der Waals surface area contributed by atoms with Crippen molar-refractivity contribution < 1.29 is 34.8 Å². The van der Waals surface area contributed by atoms with Crippen molar-refractivity contribution >= 4 is 11.9 Å². The highest BCUT2D eigenvalue weighted by molar-refractivity contribution is 5.69. The predicted octanol–water partition coefficient (Wildman–Crippen LogP) is 10.7. The van der Waals surface area contributed by atoms with Gasteiger partial charge in [-0.05, 0) is 207 Å². The smallest absolute Gasteiger partial charge is 0.306 e. The summed E-state index contributed by atoms with van der Waals surface area (Å²) in [5.41, 5.74) is 0.715. The number of rotatable bonds is 11. The van der Waals surface area contributed by atoms with Crippen molar-refractivity contribution in [3.63, 3.8) is 0 Å². The first kappa shape index (κ1) is 44.4. The second-order valence-corrected chi connectivity index (χ2v) is 24.1. The third kappa shape index (κ3) is 7.12. The Hall–Kier alpha value is -1.18. The highest BCUT2D eigenvalue weighted by Gasteiger charge is 2.67. The molecule has 0 radical (unpaired) electrons. The fraction of sp³-hybridized carbons (Fsp3) is 0.962. The van der Waals surface area contributed by atoms with E-state index in [4.69, 9.17) is 4.74 Å². The molecule has 7 heteroatoms. The minimum atomic E-state index is -0.695. The van der Waals surface area contributed by atoms with Crippen LogP contribution in [0.2, 0.25) is 0 Å². The van der Waals surface area contributed by atoms with Gasteiger partial charge < -0.3 is 25.2 Å². The van der Waals surface area contributed by atoms with Gasteiger partial charge in [0, 0.05) is 12.8 Å². The van der Waals surface area contributed by atoms with Gasteiger partial charge in [-0.3, -0.25) is 9.59 Å². The Balaban J connectivity index is 0.881. The first-order valence-electron chi connectivity index (χ1n) is 25.4. The lowest BCUT2D eigenvalue weighted by Crippen LogP contribution is -2.62. The number of fused-ring (bicyclic) bond motifs is 10. The number of carbonyl (C=O) groups excluding carboxylic acids is 1. The van der Waals surface area contributed by atoms with Crippen molar-refractivity contribution in [1.29, 1.82) is 0 Å². The average molecular weight is 823 g/mol. The summed E-state index contributed by atoms with van der Waals surface area (Å²) >= 11 is 0. The van der Waals surface area contributed by atoms with Gasteiger partial charge in [0.2, 0.25) is 0 Å². The largest absolute Gasteiger partial charge is 0.481 e. The first-order chi connectivity index (χ1) is 27.9. The zero-order valence-electron chi connectivity index (χ0n) is 38.5. The van der Waals surface area contributed by atoms with Gasteiger partial charge in [0.1, 0.15) is 6.10 Å². The molecule has 0 spiro atoms. The van der Waals surface area contributed by atoms with E-state index in [1.165, 1.54) is 32.1 Å². The van der Waals surface area contributed by atoms with Crippen molar-refractivity contribution in [3.05, 3.63) is 0 Å². The second-order valence-electron chi connectivity index (χ2n) is 24.1. The Labute approximate surface area is 358 Å². The van der Waals surface area contributed by atoms with E-state index in [0.717, 1.165) is 83.5 Å². The Morgan fingerprint density at radius 1 is 0.576 bits per heavy atom. The summed E-state index contributed by atoms with van der Waals surface area (Å²) in [5, 5.41) is 44.6. The van der Waals surface area contributed by atoms with Crippen LogP contribution in [0.25, 0.3) is 0 Å². The van der Waals surface area contributed by atoms with E-state index in [1.54, 1.807) is 0 Å². The summed E-state index contributed by atoms with van der Waals surface area (Å²) in [6, 6.07) is 0. The molecular weight excluding hydrogens is 737 g/mol. The summed E-state index contributed by atoms with van der Waals surface area (Å²) in [5.74, 6) is 5.15. The molecule has 8 aliphatic carbocycles. The highest BCUT2D eigenvalue weighted by Crippen LogP contribution is 2.71. The summed E-state index contributed by atoms with van der Waals surface area (Å²) < 4.78 is 6.42. The molecule has 0 saturated heterocycles. The van der Waals surface area contributed by atoms with Crippen LogP contribution < -0.4 is 0 Å². The second kappa shape index (κ2) is 16.4. The van der Waals surface area contributed by atoms with Crippen LogP contribution in [0.5, 0.6) is 0 Å². The van der Waals surface area contributed by atoms with Gasteiger partial charge in [0.05, 0.1) is 18.3 Å².